The van der Waals surface area contributed by atoms with Gasteiger partial charge in [0.2, 0.25) is 4.96 Å². The molecule has 0 saturated carbocycles. The van der Waals surface area contributed by atoms with Crippen molar-refractivity contribution in [3.05, 3.63) is 40.5 Å². The van der Waals surface area contributed by atoms with Gasteiger partial charge >= 0.3 is 0 Å². The molecule has 0 radical (unpaired) electrons. The Balaban J connectivity index is 1.23. The zero-order chi connectivity index (χ0) is 24.9. The highest BCUT2D eigenvalue weighted by Gasteiger charge is 2.38. The monoisotopic (exact) mass is 534 g/mol. The summed E-state index contributed by atoms with van der Waals surface area (Å²) >= 11 is 2.83. The molecule has 0 amide bonds. The topological polar surface area (TPSA) is 83.9 Å². The molecule has 0 bridgehead atoms. The summed E-state index contributed by atoms with van der Waals surface area (Å²) in [6.45, 7) is -0.0415. The molecule has 5 heterocycles. The molecular formula is C23H22F2N5O4S2+. The summed E-state index contributed by atoms with van der Waals surface area (Å²) in [7, 11) is 3.15. The third-order valence-corrected chi connectivity index (χ3v) is 8.10. The van der Waals surface area contributed by atoms with Crippen molar-refractivity contribution in [2.75, 3.05) is 27.3 Å². The van der Waals surface area contributed by atoms with Crippen molar-refractivity contribution >= 4 is 38.6 Å². The lowest BCUT2D eigenvalue weighted by molar-refractivity contribution is -1.17. The minimum atomic E-state index is -1.90. The maximum Gasteiger partial charge on any atom is 0.294 e. The number of rotatable bonds is 7. The van der Waals surface area contributed by atoms with Crippen LogP contribution in [-0.2, 0) is 6.61 Å². The van der Waals surface area contributed by atoms with Crippen molar-refractivity contribution in [1.29, 1.82) is 0 Å². The van der Waals surface area contributed by atoms with Gasteiger partial charge in [-0.25, -0.2) is 14.5 Å². The molecule has 188 valence electrons. The number of benzene rings is 1. The van der Waals surface area contributed by atoms with Crippen LogP contribution in [-0.4, -0.2) is 51.8 Å². The van der Waals surface area contributed by atoms with Gasteiger partial charge in [-0.1, -0.05) is 0 Å². The van der Waals surface area contributed by atoms with Gasteiger partial charge in [0.15, 0.2) is 18.8 Å². The third-order valence-electron chi connectivity index (χ3n) is 6.16. The Morgan fingerprint density at radius 3 is 2.72 bits per heavy atom. The summed E-state index contributed by atoms with van der Waals surface area (Å²) in [5.74, 6) is 1.82. The van der Waals surface area contributed by atoms with Gasteiger partial charge in [0, 0.05) is 45.2 Å². The van der Waals surface area contributed by atoms with E-state index < -0.39 is 4.93 Å². The fraction of sp³-hybridized carbons (Fsp3) is 0.348. The second-order valence-corrected chi connectivity index (χ2v) is 10.3. The smallest absolute Gasteiger partial charge is 0.294 e. The number of imidazole rings is 1. The number of halogens is 2. The fourth-order valence-electron chi connectivity index (χ4n) is 4.25. The third kappa shape index (κ3) is 4.38. The second kappa shape index (κ2) is 8.98. The summed E-state index contributed by atoms with van der Waals surface area (Å²) in [6.07, 6.45) is 2.65. The lowest BCUT2D eigenvalue weighted by Crippen LogP contribution is -2.38. The first-order valence-corrected chi connectivity index (χ1v) is 13.0. The molecule has 36 heavy (non-hydrogen) atoms. The Hall–Kier alpha value is -3.29. The van der Waals surface area contributed by atoms with Crippen LogP contribution < -0.4 is 14.2 Å². The molecule has 0 N–H and O–H groups in total. The Bertz CT molecular complexity index is 1500. The normalized spacial score (nSPS) is 16.1. The summed E-state index contributed by atoms with van der Waals surface area (Å²) < 4.78 is 51.3. The van der Waals surface area contributed by atoms with Crippen molar-refractivity contribution < 1.29 is 32.5 Å². The number of hydrogen-bond acceptors (Lipinski definition) is 9. The molecule has 9 nitrogen and oxygen atoms in total. The van der Waals surface area contributed by atoms with Crippen LogP contribution in [0.2, 0.25) is 0 Å². The lowest BCUT2D eigenvalue weighted by atomic mass is 9.99. The molecule has 1 fully saturated rings. The van der Waals surface area contributed by atoms with Gasteiger partial charge in [-0.15, -0.1) is 16.4 Å². The van der Waals surface area contributed by atoms with Crippen molar-refractivity contribution in [1.82, 2.24) is 19.6 Å². The highest BCUT2D eigenvalue weighted by Crippen LogP contribution is 2.38. The van der Waals surface area contributed by atoms with E-state index in [0.29, 0.717) is 51.5 Å². The van der Waals surface area contributed by atoms with Crippen molar-refractivity contribution in [2.45, 2.75) is 25.4 Å². The van der Waals surface area contributed by atoms with E-state index in [4.69, 9.17) is 18.6 Å². The second-order valence-electron chi connectivity index (χ2n) is 8.53. The highest BCUT2D eigenvalue weighted by molar-refractivity contribution is 7.18. The van der Waals surface area contributed by atoms with Crippen LogP contribution in [0.5, 0.6) is 16.7 Å². The molecule has 6 rings (SSSR count). The van der Waals surface area contributed by atoms with Crippen LogP contribution in [0.1, 0.15) is 29.5 Å². The van der Waals surface area contributed by atoms with Gasteiger partial charge in [-0.05, 0) is 17.4 Å². The van der Waals surface area contributed by atoms with E-state index in [1.54, 1.807) is 37.1 Å². The predicted octanol–water partition coefficient (Wildman–Crippen LogP) is 5.72. The Morgan fingerprint density at radius 1 is 1.14 bits per heavy atom. The van der Waals surface area contributed by atoms with Crippen LogP contribution in [0.3, 0.4) is 0 Å². The number of nitrogens with zero attached hydrogens (tertiary/aromatic N) is 5. The van der Waals surface area contributed by atoms with Crippen molar-refractivity contribution in [3.63, 3.8) is 0 Å². The van der Waals surface area contributed by atoms with Crippen LogP contribution in [0, 0.1) is 0 Å². The number of ether oxygens (including phenoxy) is 3. The van der Waals surface area contributed by atoms with Gasteiger partial charge in [0.05, 0.1) is 41.4 Å². The largest absolute Gasteiger partial charge is 0.496 e. The number of aromatic nitrogens is 4. The Labute approximate surface area is 211 Å². The summed E-state index contributed by atoms with van der Waals surface area (Å²) in [6, 6.07) is 5.47. The minimum absolute atomic E-state index is 0.0699. The van der Waals surface area contributed by atoms with E-state index in [1.165, 1.54) is 22.7 Å². The molecule has 1 saturated heterocycles. The SMILES string of the molecule is COc1cc(OCc2csc(C3CC[N+](F)(F)CC3)n2)c2cc(-c3cn4nc(OC)sc4n3)oc2c1. The molecule has 4 aromatic heterocycles. The summed E-state index contributed by atoms with van der Waals surface area (Å²) in [4.78, 5) is 8.03. The average Bonchev–Trinajstić information content (AvgIpc) is 3.64. The van der Waals surface area contributed by atoms with Gasteiger partial charge in [0.25, 0.3) is 5.19 Å². The van der Waals surface area contributed by atoms with Gasteiger partial charge in [0.1, 0.15) is 29.4 Å². The fourth-order valence-corrected chi connectivity index (χ4v) is 5.92. The van der Waals surface area contributed by atoms with E-state index in [1.807, 2.05) is 11.4 Å². The van der Waals surface area contributed by atoms with Crippen LogP contribution in [0.4, 0.5) is 8.96 Å². The number of fused-ring (bicyclic) bond motifs is 2. The molecular weight excluding hydrogens is 512 g/mol. The Kier molecular flexibility index (Phi) is 5.77. The summed E-state index contributed by atoms with van der Waals surface area (Å²) in [5.41, 5.74) is 2.00. The van der Waals surface area contributed by atoms with Gasteiger partial charge in [-0.3, -0.25) is 0 Å². The van der Waals surface area contributed by atoms with E-state index >= 15 is 0 Å². The van der Waals surface area contributed by atoms with E-state index in [9.17, 15) is 8.96 Å². The number of thiazole rings is 1. The molecule has 0 unspecified atom stereocenters. The number of piperidine rings is 1. The first-order chi connectivity index (χ1) is 17.4. The maximum absolute atomic E-state index is 13.4. The summed E-state index contributed by atoms with van der Waals surface area (Å²) in [5, 5.41) is 8.42. The van der Waals surface area contributed by atoms with Crippen molar-refractivity contribution in [3.8, 4) is 28.1 Å². The van der Waals surface area contributed by atoms with E-state index in [2.05, 4.69) is 15.1 Å². The minimum Gasteiger partial charge on any atom is -0.496 e. The van der Waals surface area contributed by atoms with Crippen LogP contribution >= 0.6 is 22.7 Å². The average molecular weight is 535 g/mol. The van der Waals surface area contributed by atoms with Gasteiger partial charge < -0.3 is 18.6 Å². The molecule has 0 spiro atoms. The maximum atomic E-state index is 13.4. The quantitative estimate of drug-likeness (QED) is 0.247. The first-order valence-electron chi connectivity index (χ1n) is 11.3. The van der Waals surface area contributed by atoms with Crippen LogP contribution in [0.15, 0.2) is 34.2 Å². The molecule has 5 aromatic rings. The number of hydrogen-bond donors (Lipinski definition) is 0. The molecule has 1 aromatic carbocycles. The Morgan fingerprint density at radius 2 is 1.97 bits per heavy atom. The lowest BCUT2D eigenvalue weighted by Gasteiger charge is -2.24. The zero-order valence-electron chi connectivity index (χ0n) is 19.4. The number of quaternary nitrogens is 1. The predicted molar refractivity (Wildman–Crippen MR) is 130 cm³/mol. The molecule has 13 heteroatoms. The highest BCUT2D eigenvalue weighted by atomic mass is 32.1. The van der Waals surface area contributed by atoms with Gasteiger partial charge in [-0.2, -0.15) is 0 Å². The molecule has 1 aliphatic heterocycles. The number of furan rings is 1. The van der Waals surface area contributed by atoms with Crippen LogP contribution in [0.25, 0.3) is 27.4 Å². The van der Waals surface area contributed by atoms with Crippen molar-refractivity contribution in [2.24, 2.45) is 0 Å². The molecule has 0 aliphatic carbocycles. The van der Waals surface area contributed by atoms with E-state index in [0.717, 1.165) is 16.1 Å². The molecule has 1 aliphatic rings. The standard InChI is InChI=1S/C23H22F2N5O4S2/c1-31-15-7-18(33-11-14-12-35-21(26-14)13-3-5-30(24,25)6-4-13)16-9-20(34-19(16)8-15)17-10-29-22(27-17)36-23(28-29)32-2/h7-10,12-13H,3-6,11H2,1-2H3/q+1. The zero-order valence-corrected chi connectivity index (χ0v) is 21.1. The van der Waals surface area contributed by atoms with E-state index in [-0.39, 0.29) is 25.6 Å². The first kappa shape index (κ1) is 23.1. The number of methoxy groups -OCH3 is 2. The molecule has 0 atom stereocenters.